The third kappa shape index (κ3) is 2.42. The van der Waals surface area contributed by atoms with Crippen molar-refractivity contribution in [3.8, 4) is 0 Å². The number of hydrogen-bond acceptors (Lipinski definition) is 5. The molecule has 5 nitrogen and oxygen atoms in total. The van der Waals surface area contributed by atoms with Gasteiger partial charge in [-0.3, -0.25) is 0 Å². The van der Waals surface area contributed by atoms with Gasteiger partial charge in [0.2, 0.25) is 5.01 Å². The summed E-state index contributed by atoms with van der Waals surface area (Å²) in [6.45, 7) is 3.76. The van der Waals surface area contributed by atoms with E-state index in [1.807, 2.05) is 0 Å². The number of hydrogen-bond donors (Lipinski definition) is 1. The van der Waals surface area contributed by atoms with Crippen LogP contribution < -0.4 is 0 Å². The number of nitrogens with zero attached hydrogens (tertiary/aromatic N) is 3. The molecule has 0 saturated carbocycles. The molecule has 0 bridgehead atoms. The Balaban J connectivity index is 0.00000108. The fraction of sp³-hybridized carbons (Fsp3) is 0.600. The molecule has 0 amide bonds. The van der Waals surface area contributed by atoms with Crippen molar-refractivity contribution in [2.45, 2.75) is 25.9 Å². The second-order valence-corrected chi connectivity index (χ2v) is 5.26. The molecule has 0 spiro atoms. The van der Waals surface area contributed by atoms with Crippen molar-refractivity contribution < 1.29 is 9.90 Å². The van der Waals surface area contributed by atoms with Gasteiger partial charge in [0.25, 0.3) is 0 Å². The van der Waals surface area contributed by atoms with Crippen molar-refractivity contribution in [2.24, 2.45) is 0 Å². The van der Waals surface area contributed by atoms with E-state index < -0.39 is 5.97 Å². The van der Waals surface area contributed by atoms with Gasteiger partial charge >= 0.3 is 24.8 Å². The van der Waals surface area contributed by atoms with Gasteiger partial charge in [0.1, 0.15) is 0 Å². The van der Waals surface area contributed by atoms with Crippen molar-refractivity contribution in [3.63, 3.8) is 0 Å². The molecule has 3 rings (SSSR count). The van der Waals surface area contributed by atoms with Gasteiger partial charge in [0.05, 0.1) is 12.2 Å². The molecule has 2 aliphatic heterocycles. The summed E-state index contributed by atoms with van der Waals surface area (Å²) in [5, 5.41) is 13.7. The Kier molecular flexibility index (Phi) is 3.91. The summed E-state index contributed by atoms with van der Waals surface area (Å²) in [6, 6.07) is 0. The van der Waals surface area contributed by atoms with E-state index in [0.717, 1.165) is 36.8 Å². The molecule has 0 aromatic carbocycles. The summed E-state index contributed by atoms with van der Waals surface area (Å²) in [5.74, 6) is -0.910. The second kappa shape index (κ2) is 5.08. The van der Waals surface area contributed by atoms with Crippen molar-refractivity contribution in [1.29, 1.82) is 0 Å². The van der Waals surface area contributed by atoms with E-state index >= 15 is 0 Å². The summed E-state index contributed by atoms with van der Waals surface area (Å²) in [5.41, 5.74) is 0.959. The van der Waals surface area contributed by atoms with Crippen LogP contribution in [0.2, 0.25) is 0 Å². The number of carboxylic acids is 1. The molecule has 1 saturated heterocycles. The molecule has 88 valence electrons. The number of thiazole rings is 1. The predicted octanol–water partition coefficient (Wildman–Crippen LogP) is 0.519. The van der Waals surface area contributed by atoms with E-state index in [4.69, 9.17) is 5.11 Å². The molecule has 0 radical (unpaired) electrons. The molecular weight excluding hydrogens is 233 g/mol. The van der Waals surface area contributed by atoms with Gasteiger partial charge < -0.3 is 5.11 Å². The van der Waals surface area contributed by atoms with E-state index in [2.05, 4.69) is 15.0 Å². The molecule has 3 heterocycles. The fourth-order valence-electron chi connectivity index (χ4n) is 2.29. The SMILES string of the molecule is O=C(O)c1nc2c(s1)CN1CCCCN1C2.[LiH]. The van der Waals surface area contributed by atoms with Gasteiger partial charge in [-0.15, -0.1) is 11.3 Å². The molecule has 0 unspecified atom stereocenters. The van der Waals surface area contributed by atoms with Crippen molar-refractivity contribution in [3.05, 3.63) is 15.6 Å². The van der Waals surface area contributed by atoms with Crippen LogP contribution in [0.3, 0.4) is 0 Å². The van der Waals surface area contributed by atoms with E-state index in [9.17, 15) is 4.79 Å². The maximum absolute atomic E-state index is 10.9. The normalized spacial score (nSPS) is 20.2. The number of aromatic carboxylic acids is 1. The molecule has 1 aromatic heterocycles. The number of carbonyl (C=O) groups is 1. The average molecular weight is 247 g/mol. The van der Waals surface area contributed by atoms with Crippen LogP contribution in [0, 0.1) is 0 Å². The Morgan fingerprint density at radius 2 is 1.88 bits per heavy atom. The third-order valence-electron chi connectivity index (χ3n) is 3.10. The van der Waals surface area contributed by atoms with Crippen LogP contribution in [0.15, 0.2) is 0 Å². The quantitative estimate of drug-likeness (QED) is 0.733. The second-order valence-electron chi connectivity index (χ2n) is 4.18. The molecule has 17 heavy (non-hydrogen) atoms. The first-order valence-electron chi connectivity index (χ1n) is 5.46. The average Bonchev–Trinajstić information content (AvgIpc) is 2.68. The number of rotatable bonds is 1. The molecule has 7 heteroatoms. The third-order valence-corrected chi connectivity index (χ3v) is 4.17. The molecule has 0 atom stereocenters. The molecule has 1 fully saturated rings. The molecular formula is C10H14LiN3O2S. The zero-order chi connectivity index (χ0) is 11.1. The summed E-state index contributed by atoms with van der Waals surface area (Å²) in [4.78, 5) is 16.2. The monoisotopic (exact) mass is 247 g/mol. The van der Waals surface area contributed by atoms with Gasteiger partial charge in [-0.05, 0) is 12.8 Å². The summed E-state index contributed by atoms with van der Waals surface area (Å²) in [7, 11) is 0. The Hall–Kier alpha value is -0.383. The van der Waals surface area contributed by atoms with E-state index in [1.54, 1.807) is 0 Å². The first kappa shape index (κ1) is 13.1. The van der Waals surface area contributed by atoms with Crippen molar-refractivity contribution in [2.75, 3.05) is 13.1 Å². The number of carboxylic acid groups (broad SMARTS) is 1. The van der Waals surface area contributed by atoms with E-state index in [1.165, 1.54) is 24.2 Å². The van der Waals surface area contributed by atoms with Crippen LogP contribution in [0.4, 0.5) is 0 Å². The Morgan fingerprint density at radius 3 is 2.53 bits per heavy atom. The number of hydrazine groups is 1. The van der Waals surface area contributed by atoms with Crippen LogP contribution in [-0.2, 0) is 13.1 Å². The summed E-state index contributed by atoms with van der Waals surface area (Å²) >= 11 is 1.32. The number of aromatic nitrogens is 1. The van der Waals surface area contributed by atoms with Crippen LogP contribution in [-0.4, -0.2) is 58.0 Å². The zero-order valence-corrected chi connectivity index (χ0v) is 9.66. The standard InChI is InChI=1S/C10H13N3O2S.Li.H/c14-10(15)9-11-7-5-12-3-1-2-4-13(12)6-8(7)16-9;;/h1-6H2,(H,14,15);;. The minimum absolute atomic E-state index is 0. The summed E-state index contributed by atoms with van der Waals surface area (Å²) in [6.07, 6.45) is 2.46. The van der Waals surface area contributed by atoms with Crippen LogP contribution in [0.25, 0.3) is 0 Å². The predicted molar refractivity (Wildman–Crippen MR) is 66.3 cm³/mol. The topological polar surface area (TPSA) is 56.7 Å². The maximum atomic E-state index is 10.9. The Labute approximate surface area is 116 Å². The molecule has 2 aliphatic rings. The van der Waals surface area contributed by atoms with Crippen molar-refractivity contribution in [1.82, 2.24) is 15.0 Å². The van der Waals surface area contributed by atoms with E-state index in [0.29, 0.717) is 0 Å². The minimum atomic E-state index is -0.910. The molecule has 0 aliphatic carbocycles. The Bertz CT molecular complexity index is 406. The summed E-state index contributed by atoms with van der Waals surface area (Å²) < 4.78 is 0. The van der Waals surface area contributed by atoms with Gasteiger partial charge in [-0.25, -0.2) is 19.8 Å². The first-order valence-corrected chi connectivity index (χ1v) is 6.27. The zero-order valence-electron chi connectivity index (χ0n) is 8.85. The fourth-order valence-corrected chi connectivity index (χ4v) is 3.21. The molecule has 1 N–H and O–H groups in total. The van der Waals surface area contributed by atoms with E-state index in [-0.39, 0.29) is 23.9 Å². The van der Waals surface area contributed by atoms with Gasteiger partial charge in [0.15, 0.2) is 0 Å². The van der Waals surface area contributed by atoms with Gasteiger partial charge in [-0.1, -0.05) is 0 Å². The van der Waals surface area contributed by atoms with Crippen LogP contribution in [0.5, 0.6) is 0 Å². The molecule has 1 aromatic rings. The van der Waals surface area contributed by atoms with Gasteiger partial charge in [-0.2, -0.15) is 0 Å². The van der Waals surface area contributed by atoms with Crippen LogP contribution >= 0.6 is 11.3 Å². The van der Waals surface area contributed by atoms with Crippen molar-refractivity contribution >= 4 is 36.2 Å². The first-order chi connectivity index (χ1) is 7.74. The van der Waals surface area contributed by atoms with Crippen LogP contribution in [0.1, 0.15) is 33.2 Å². The van der Waals surface area contributed by atoms with Gasteiger partial charge in [0, 0.05) is 24.5 Å². The Morgan fingerprint density at radius 1 is 1.24 bits per heavy atom. The number of fused-ring (bicyclic) bond motifs is 2.